The number of benzene rings is 2. The summed E-state index contributed by atoms with van der Waals surface area (Å²) in [7, 11) is 0. The lowest BCUT2D eigenvalue weighted by molar-refractivity contribution is -0.385. The van der Waals surface area contributed by atoms with E-state index in [0.29, 0.717) is 11.1 Å². The highest BCUT2D eigenvalue weighted by Crippen LogP contribution is 2.20. The Morgan fingerprint density at radius 2 is 1.96 bits per heavy atom. The summed E-state index contributed by atoms with van der Waals surface area (Å²) in [6.45, 7) is 1.52. The van der Waals surface area contributed by atoms with Crippen LogP contribution in [0.25, 0.3) is 0 Å². The summed E-state index contributed by atoms with van der Waals surface area (Å²) in [6.07, 6.45) is 0. The Morgan fingerprint density at radius 1 is 1.30 bits per heavy atom. The van der Waals surface area contributed by atoms with Crippen LogP contribution in [-0.2, 0) is 0 Å². The van der Waals surface area contributed by atoms with E-state index in [9.17, 15) is 19.3 Å². The zero-order chi connectivity index (χ0) is 17.0. The third-order valence-electron chi connectivity index (χ3n) is 3.26. The molecule has 116 valence electrons. The third-order valence-corrected chi connectivity index (χ3v) is 3.26. The number of rotatable bonds is 4. The molecule has 1 atom stereocenters. The minimum atomic E-state index is -0.946. The predicted molar refractivity (Wildman–Crippen MR) is 80.1 cm³/mol. The van der Waals surface area contributed by atoms with E-state index < -0.39 is 22.7 Å². The second-order valence-corrected chi connectivity index (χ2v) is 4.85. The highest BCUT2D eigenvalue weighted by atomic mass is 19.1. The van der Waals surface area contributed by atoms with Gasteiger partial charge in [-0.15, -0.1) is 0 Å². The largest absolute Gasteiger partial charge is 0.333 e. The summed E-state index contributed by atoms with van der Waals surface area (Å²) in [6, 6.07) is 10.1. The second-order valence-electron chi connectivity index (χ2n) is 4.85. The first-order chi connectivity index (χ1) is 10.9. The number of hydrogen-bond acceptors (Lipinski definition) is 4. The Bertz CT molecular complexity index is 797. The molecule has 0 aliphatic rings. The van der Waals surface area contributed by atoms with E-state index in [-0.39, 0.29) is 11.3 Å². The number of nitro groups is 1. The summed E-state index contributed by atoms with van der Waals surface area (Å²) in [4.78, 5) is 22.4. The van der Waals surface area contributed by atoms with Gasteiger partial charge in [0.15, 0.2) is 0 Å². The van der Waals surface area contributed by atoms with Gasteiger partial charge in [-0.2, -0.15) is 5.26 Å². The van der Waals surface area contributed by atoms with Gasteiger partial charge in [-0.05, 0) is 36.8 Å². The molecule has 0 bridgehead atoms. The predicted octanol–water partition coefficient (Wildman–Crippen LogP) is 3.04. The van der Waals surface area contributed by atoms with Crippen LogP contribution in [0, 0.1) is 34.2 Å². The zero-order valence-corrected chi connectivity index (χ0v) is 12.1. The number of halogens is 1. The quantitative estimate of drug-likeness (QED) is 0.693. The van der Waals surface area contributed by atoms with Gasteiger partial charge in [0.2, 0.25) is 0 Å². The molecule has 2 aromatic carbocycles. The van der Waals surface area contributed by atoms with Crippen LogP contribution >= 0.6 is 0 Å². The van der Waals surface area contributed by atoms with Gasteiger partial charge in [0.25, 0.3) is 11.6 Å². The molecule has 0 fully saturated rings. The number of nitro benzene ring substituents is 1. The maximum Gasteiger partial charge on any atom is 0.272 e. The van der Waals surface area contributed by atoms with Gasteiger partial charge in [-0.1, -0.05) is 12.1 Å². The van der Waals surface area contributed by atoms with E-state index in [1.165, 1.54) is 49.4 Å². The highest BCUT2D eigenvalue weighted by molar-refractivity contribution is 5.95. The molecule has 0 unspecified atom stereocenters. The number of carbonyl (C=O) groups is 1. The molecule has 0 saturated heterocycles. The van der Waals surface area contributed by atoms with E-state index in [4.69, 9.17) is 5.26 Å². The van der Waals surface area contributed by atoms with Crippen LogP contribution in [0.15, 0.2) is 42.5 Å². The van der Waals surface area contributed by atoms with Crippen molar-refractivity contribution in [1.82, 2.24) is 5.32 Å². The van der Waals surface area contributed by atoms with Crippen molar-refractivity contribution >= 4 is 11.6 Å². The Kier molecular flexibility index (Phi) is 4.66. The standard InChI is InChI=1S/C16H12FN3O3/c1-10-8-12(4-7-15(10)20(22)23)16(21)19-14(9-18)11-2-5-13(17)6-3-11/h2-8,14H,1H3,(H,19,21)/t14-/m1/s1. The van der Waals surface area contributed by atoms with Gasteiger partial charge in [0.1, 0.15) is 11.9 Å². The molecule has 1 N–H and O–H groups in total. The summed E-state index contributed by atoms with van der Waals surface area (Å²) in [5.41, 5.74) is 0.909. The molecular weight excluding hydrogens is 301 g/mol. The van der Waals surface area contributed by atoms with Crippen molar-refractivity contribution < 1.29 is 14.1 Å². The lowest BCUT2D eigenvalue weighted by Gasteiger charge is -2.12. The smallest absolute Gasteiger partial charge is 0.272 e. The third kappa shape index (κ3) is 3.68. The number of hydrogen-bond donors (Lipinski definition) is 1. The van der Waals surface area contributed by atoms with Gasteiger partial charge < -0.3 is 5.32 Å². The van der Waals surface area contributed by atoms with Gasteiger partial charge in [-0.3, -0.25) is 14.9 Å². The van der Waals surface area contributed by atoms with Crippen molar-refractivity contribution in [3.8, 4) is 6.07 Å². The van der Waals surface area contributed by atoms with E-state index in [1.807, 2.05) is 6.07 Å². The van der Waals surface area contributed by atoms with Crippen LogP contribution in [0.2, 0.25) is 0 Å². The van der Waals surface area contributed by atoms with Crippen molar-refractivity contribution in [2.75, 3.05) is 0 Å². The maximum absolute atomic E-state index is 12.9. The van der Waals surface area contributed by atoms with Gasteiger partial charge in [-0.25, -0.2) is 4.39 Å². The number of carbonyl (C=O) groups excluding carboxylic acids is 1. The summed E-state index contributed by atoms with van der Waals surface area (Å²) >= 11 is 0. The fourth-order valence-electron chi connectivity index (χ4n) is 2.06. The van der Waals surface area contributed by atoms with Crippen LogP contribution in [0.3, 0.4) is 0 Å². The van der Waals surface area contributed by atoms with Crippen molar-refractivity contribution in [2.24, 2.45) is 0 Å². The lowest BCUT2D eigenvalue weighted by Crippen LogP contribution is -2.27. The average molecular weight is 313 g/mol. The molecule has 0 saturated carbocycles. The number of aryl methyl sites for hydroxylation is 1. The molecule has 6 nitrogen and oxygen atoms in total. The van der Waals surface area contributed by atoms with Crippen molar-refractivity contribution in [1.29, 1.82) is 5.26 Å². The zero-order valence-electron chi connectivity index (χ0n) is 12.1. The Morgan fingerprint density at radius 3 is 2.48 bits per heavy atom. The van der Waals surface area contributed by atoms with E-state index >= 15 is 0 Å². The molecule has 0 aliphatic carbocycles. The number of amides is 1. The van der Waals surface area contributed by atoms with Crippen molar-refractivity contribution in [3.63, 3.8) is 0 Å². The van der Waals surface area contributed by atoms with Crippen LogP contribution in [0.1, 0.15) is 27.5 Å². The lowest BCUT2D eigenvalue weighted by atomic mass is 10.1. The average Bonchev–Trinajstić information content (AvgIpc) is 2.52. The molecule has 0 spiro atoms. The number of nitriles is 1. The molecule has 0 aliphatic heterocycles. The van der Waals surface area contributed by atoms with Crippen molar-refractivity contribution in [2.45, 2.75) is 13.0 Å². The molecule has 0 heterocycles. The Hall–Kier alpha value is -3.27. The monoisotopic (exact) mass is 313 g/mol. The van der Waals surface area contributed by atoms with Crippen molar-refractivity contribution in [3.05, 3.63) is 75.1 Å². The SMILES string of the molecule is Cc1cc(C(=O)N[C@H](C#N)c2ccc(F)cc2)ccc1[N+](=O)[O-]. The minimum absolute atomic E-state index is 0.0862. The first-order valence-corrected chi connectivity index (χ1v) is 6.63. The van der Waals surface area contributed by atoms with Gasteiger partial charge >= 0.3 is 0 Å². The molecule has 7 heteroatoms. The molecule has 2 rings (SSSR count). The van der Waals surface area contributed by atoms with E-state index in [1.54, 1.807) is 0 Å². The first kappa shape index (κ1) is 16.1. The fraction of sp³-hybridized carbons (Fsp3) is 0.125. The molecule has 23 heavy (non-hydrogen) atoms. The molecule has 0 radical (unpaired) electrons. The highest BCUT2D eigenvalue weighted by Gasteiger charge is 2.18. The normalized spacial score (nSPS) is 11.3. The summed E-state index contributed by atoms with van der Waals surface area (Å²) < 4.78 is 12.9. The van der Waals surface area contributed by atoms with Crippen LogP contribution in [0.5, 0.6) is 0 Å². The Balaban J connectivity index is 2.20. The molecular formula is C16H12FN3O3. The molecule has 1 amide bonds. The first-order valence-electron chi connectivity index (χ1n) is 6.63. The fourth-order valence-corrected chi connectivity index (χ4v) is 2.06. The van der Waals surface area contributed by atoms with Gasteiger partial charge in [0, 0.05) is 17.2 Å². The Labute approximate surface area is 131 Å². The minimum Gasteiger partial charge on any atom is -0.333 e. The van der Waals surface area contributed by atoms with Crippen LogP contribution < -0.4 is 5.32 Å². The van der Waals surface area contributed by atoms with Crippen LogP contribution in [-0.4, -0.2) is 10.8 Å². The summed E-state index contributed by atoms with van der Waals surface area (Å²) in [5, 5.41) is 22.4. The maximum atomic E-state index is 12.9. The van der Waals surface area contributed by atoms with Gasteiger partial charge in [0.05, 0.1) is 11.0 Å². The van der Waals surface area contributed by atoms with E-state index in [0.717, 1.165) is 0 Å². The number of nitrogens with one attached hydrogen (secondary N) is 1. The summed E-state index contributed by atoms with van der Waals surface area (Å²) in [5.74, 6) is -0.985. The number of nitrogens with zero attached hydrogens (tertiary/aromatic N) is 2. The molecule has 2 aromatic rings. The van der Waals surface area contributed by atoms with E-state index in [2.05, 4.69) is 5.32 Å². The van der Waals surface area contributed by atoms with Crippen LogP contribution in [0.4, 0.5) is 10.1 Å². The topological polar surface area (TPSA) is 96.0 Å². The second kappa shape index (κ2) is 6.66. The molecule has 0 aromatic heterocycles.